The molecule has 0 saturated heterocycles. The van der Waals surface area contributed by atoms with Gasteiger partial charge in [0.15, 0.2) is 4.67 Å². The summed E-state index contributed by atoms with van der Waals surface area (Å²) in [6.45, 7) is 3.30. The molecule has 110 valence electrons. The van der Waals surface area contributed by atoms with E-state index in [0.717, 1.165) is 6.54 Å². The molecule has 0 fully saturated rings. The highest BCUT2D eigenvalue weighted by Crippen LogP contribution is 2.26. The Morgan fingerprint density at radius 2 is 2.10 bits per heavy atom. The highest BCUT2D eigenvalue weighted by atomic mass is 79.9. The van der Waals surface area contributed by atoms with E-state index in [4.69, 9.17) is 8.83 Å². The maximum absolute atomic E-state index is 12.2. The zero-order chi connectivity index (χ0) is 14.6. The molecule has 0 amide bonds. The van der Waals surface area contributed by atoms with Gasteiger partial charge < -0.3 is 14.2 Å². The zero-order valence-electron chi connectivity index (χ0n) is 10.8. The van der Waals surface area contributed by atoms with Crippen LogP contribution in [0.3, 0.4) is 0 Å². The van der Waals surface area contributed by atoms with Crippen LogP contribution in [0.15, 0.2) is 42.9 Å². The maximum atomic E-state index is 12.2. The van der Waals surface area contributed by atoms with Crippen LogP contribution < -0.4 is 10.0 Å². The smallest absolute Gasteiger partial charge is 0.245 e. The maximum Gasteiger partial charge on any atom is 0.245 e. The number of halogens is 1. The van der Waals surface area contributed by atoms with E-state index in [1.807, 2.05) is 6.92 Å². The van der Waals surface area contributed by atoms with Gasteiger partial charge in [0.2, 0.25) is 10.0 Å². The number of furan rings is 2. The molecular formula is C12H15BrN2O4S. The minimum Gasteiger partial charge on any atom is -0.468 e. The van der Waals surface area contributed by atoms with E-state index < -0.39 is 10.0 Å². The van der Waals surface area contributed by atoms with Gasteiger partial charge in [0.1, 0.15) is 16.4 Å². The molecular weight excluding hydrogens is 348 g/mol. The molecule has 0 saturated carbocycles. The van der Waals surface area contributed by atoms with E-state index in [-0.39, 0.29) is 16.1 Å². The molecule has 2 aromatic rings. The Morgan fingerprint density at radius 1 is 1.30 bits per heavy atom. The monoisotopic (exact) mass is 362 g/mol. The lowest BCUT2D eigenvalue weighted by Gasteiger charge is -2.02. The average Bonchev–Trinajstić information content (AvgIpc) is 3.03. The normalized spacial score (nSPS) is 11.9. The van der Waals surface area contributed by atoms with Crippen LogP contribution in [0.5, 0.6) is 0 Å². The number of sulfonamides is 1. The SMILES string of the molecule is CCNCc1cc(S(=O)(=O)NCc2ccco2)c(Br)o1. The van der Waals surface area contributed by atoms with E-state index in [2.05, 4.69) is 26.0 Å². The molecule has 2 aromatic heterocycles. The van der Waals surface area contributed by atoms with Crippen molar-refractivity contribution in [3.05, 3.63) is 40.7 Å². The van der Waals surface area contributed by atoms with E-state index in [9.17, 15) is 8.42 Å². The van der Waals surface area contributed by atoms with Gasteiger partial charge >= 0.3 is 0 Å². The second kappa shape index (κ2) is 6.57. The van der Waals surface area contributed by atoms with Gasteiger partial charge in [-0.1, -0.05) is 6.92 Å². The summed E-state index contributed by atoms with van der Waals surface area (Å²) in [6, 6.07) is 4.90. The van der Waals surface area contributed by atoms with Gasteiger partial charge in [0.25, 0.3) is 0 Å². The Morgan fingerprint density at radius 3 is 2.75 bits per heavy atom. The van der Waals surface area contributed by atoms with Gasteiger partial charge in [0, 0.05) is 6.07 Å². The van der Waals surface area contributed by atoms with E-state index in [1.165, 1.54) is 12.3 Å². The van der Waals surface area contributed by atoms with Gasteiger partial charge in [-0.15, -0.1) is 0 Å². The van der Waals surface area contributed by atoms with Crippen molar-refractivity contribution in [3.63, 3.8) is 0 Å². The van der Waals surface area contributed by atoms with Crippen LogP contribution in [-0.4, -0.2) is 15.0 Å². The second-order valence-corrected chi connectivity index (χ2v) is 6.49. The molecule has 20 heavy (non-hydrogen) atoms. The standard InChI is InChI=1S/C12H15BrN2O4S/c1-2-14-7-10-6-11(12(13)19-10)20(16,17)15-8-9-4-3-5-18-9/h3-6,14-15H,2,7-8H2,1H3. The van der Waals surface area contributed by atoms with E-state index >= 15 is 0 Å². The summed E-state index contributed by atoms with van der Waals surface area (Å²) < 4.78 is 37.4. The first-order valence-electron chi connectivity index (χ1n) is 6.04. The zero-order valence-corrected chi connectivity index (χ0v) is 13.3. The highest BCUT2D eigenvalue weighted by Gasteiger charge is 2.22. The van der Waals surface area contributed by atoms with Crippen molar-refractivity contribution in [1.82, 2.24) is 10.0 Å². The van der Waals surface area contributed by atoms with Crippen LogP contribution in [0.1, 0.15) is 18.4 Å². The molecule has 0 unspecified atom stereocenters. The van der Waals surface area contributed by atoms with Crippen LogP contribution in [0.4, 0.5) is 0 Å². The molecule has 0 aliphatic heterocycles. The summed E-state index contributed by atoms with van der Waals surface area (Å²) in [5.41, 5.74) is 0. The quantitative estimate of drug-likeness (QED) is 0.788. The minimum absolute atomic E-state index is 0.0805. The second-order valence-electron chi connectivity index (χ2n) is 4.03. The Kier molecular flexibility index (Phi) is 5.03. The molecule has 0 aromatic carbocycles. The molecule has 2 N–H and O–H groups in total. The third-order valence-corrected chi connectivity index (χ3v) is 4.82. The Labute approximate surface area is 125 Å². The van der Waals surface area contributed by atoms with Gasteiger partial charge in [-0.3, -0.25) is 0 Å². The molecule has 8 heteroatoms. The summed E-state index contributed by atoms with van der Waals surface area (Å²) in [6.07, 6.45) is 1.49. The molecule has 0 atom stereocenters. The molecule has 2 heterocycles. The molecule has 2 rings (SSSR count). The van der Waals surface area contributed by atoms with Crippen LogP contribution in [0, 0.1) is 0 Å². The lowest BCUT2D eigenvalue weighted by atomic mass is 10.4. The van der Waals surface area contributed by atoms with Crippen molar-refractivity contribution in [2.45, 2.75) is 24.9 Å². The van der Waals surface area contributed by atoms with Crippen LogP contribution >= 0.6 is 15.9 Å². The van der Waals surface area contributed by atoms with Gasteiger partial charge in [0.05, 0.1) is 19.4 Å². The fourth-order valence-electron chi connectivity index (χ4n) is 1.57. The summed E-state index contributed by atoms with van der Waals surface area (Å²) in [4.78, 5) is 0.0805. The fourth-order valence-corrected chi connectivity index (χ4v) is 3.56. The van der Waals surface area contributed by atoms with Gasteiger partial charge in [-0.25, -0.2) is 13.1 Å². The molecule has 6 nitrogen and oxygen atoms in total. The van der Waals surface area contributed by atoms with Crippen molar-refractivity contribution >= 4 is 26.0 Å². The van der Waals surface area contributed by atoms with Crippen LogP contribution in [0.2, 0.25) is 0 Å². The van der Waals surface area contributed by atoms with E-state index in [1.54, 1.807) is 12.1 Å². The summed E-state index contributed by atoms with van der Waals surface area (Å²) in [5, 5.41) is 3.07. The Bertz CT molecular complexity index is 649. The number of nitrogens with one attached hydrogen (secondary N) is 2. The predicted molar refractivity (Wildman–Crippen MR) is 76.5 cm³/mol. The van der Waals surface area contributed by atoms with Crippen molar-refractivity contribution in [1.29, 1.82) is 0 Å². The van der Waals surface area contributed by atoms with Crippen molar-refractivity contribution in [2.24, 2.45) is 0 Å². The lowest BCUT2D eigenvalue weighted by Crippen LogP contribution is -2.22. The molecule has 0 aliphatic carbocycles. The van der Waals surface area contributed by atoms with Crippen LogP contribution in [-0.2, 0) is 23.1 Å². The number of rotatable bonds is 7. The number of hydrogen-bond donors (Lipinski definition) is 2. The Balaban J connectivity index is 2.10. The molecule has 0 bridgehead atoms. The first-order chi connectivity index (χ1) is 9.53. The summed E-state index contributed by atoms with van der Waals surface area (Å²) in [5.74, 6) is 1.10. The van der Waals surface area contributed by atoms with E-state index in [0.29, 0.717) is 18.1 Å². The lowest BCUT2D eigenvalue weighted by molar-refractivity contribution is 0.463. The van der Waals surface area contributed by atoms with Crippen molar-refractivity contribution in [3.8, 4) is 0 Å². The van der Waals surface area contributed by atoms with Gasteiger partial charge in [-0.05, 0) is 34.6 Å². The first kappa shape index (κ1) is 15.3. The first-order valence-corrected chi connectivity index (χ1v) is 8.31. The molecule has 0 radical (unpaired) electrons. The molecule has 0 aliphatic rings. The fraction of sp³-hybridized carbons (Fsp3) is 0.333. The third kappa shape index (κ3) is 3.72. The highest BCUT2D eigenvalue weighted by molar-refractivity contribution is 9.10. The predicted octanol–water partition coefficient (Wildman–Crippen LogP) is 2.22. The van der Waals surface area contributed by atoms with Crippen molar-refractivity contribution in [2.75, 3.05) is 6.54 Å². The molecule has 0 spiro atoms. The largest absolute Gasteiger partial charge is 0.468 e. The average molecular weight is 363 g/mol. The van der Waals surface area contributed by atoms with Crippen molar-refractivity contribution < 1.29 is 17.3 Å². The Hall–Kier alpha value is -1.09. The van der Waals surface area contributed by atoms with Crippen LogP contribution in [0.25, 0.3) is 0 Å². The summed E-state index contributed by atoms with van der Waals surface area (Å²) >= 11 is 3.13. The summed E-state index contributed by atoms with van der Waals surface area (Å²) in [7, 11) is -3.65. The number of hydrogen-bond acceptors (Lipinski definition) is 5. The topological polar surface area (TPSA) is 84.5 Å². The minimum atomic E-state index is -3.65. The van der Waals surface area contributed by atoms with Gasteiger partial charge in [-0.2, -0.15) is 0 Å². The third-order valence-electron chi connectivity index (χ3n) is 2.56.